The number of aliphatic hydroxyl groups is 1. The molecule has 6 heteroatoms. The third-order valence-corrected chi connectivity index (χ3v) is 3.34. The normalized spacial score (nSPS) is 10.4. The summed E-state index contributed by atoms with van der Waals surface area (Å²) in [4.78, 5) is 11.8. The van der Waals surface area contributed by atoms with Crippen molar-refractivity contribution in [3.05, 3.63) is 47.3 Å². The van der Waals surface area contributed by atoms with Gasteiger partial charge in [0.15, 0.2) is 0 Å². The molecule has 2 rings (SSSR count). The predicted molar refractivity (Wildman–Crippen MR) is 81.1 cm³/mol. The van der Waals surface area contributed by atoms with E-state index in [1.54, 1.807) is 12.1 Å². The van der Waals surface area contributed by atoms with E-state index in [9.17, 15) is 4.79 Å². The first-order valence-electron chi connectivity index (χ1n) is 6.82. The topological polar surface area (TPSA) is 79.2 Å². The van der Waals surface area contributed by atoms with Crippen LogP contribution in [0.15, 0.2) is 30.5 Å². The molecule has 0 saturated heterocycles. The summed E-state index contributed by atoms with van der Waals surface area (Å²) in [6.45, 7) is 2.86. The van der Waals surface area contributed by atoms with Crippen LogP contribution in [0.1, 0.15) is 21.6 Å². The Balaban J connectivity index is 2.01. The van der Waals surface area contributed by atoms with Crippen molar-refractivity contribution in [2.24, 2.45) is 7.05 Å². The smallest absolute Gasteiger partial charge is 0.251 e. The zero-order valence-electron chi connectivity index (χ0n) is 12.3. The van der Waals surface area contributed by atoms with Gasteiger partial charge in [-0.1, -0.05) is 6.07 Å². The van der Waals surface area contributed by atoms with E-state index in [2.05, 4.69) is 15.7 Å². The Labute approximate surface area is 123 Å². The lowest BCUT2D eigenvalue weighted by Crippen LogP contribution is -2.26. The Hall–Kier alpha value is -2.34. The highest BCUT2D eigenvalue weighted by molar-refractivity contribution is 5.95. The highest BCUT2D eigenvalue weighted by atomic mass is 16.3. The van der Waals surface area contributed by atoms with E-state index in [0.717, 1.165) is 16.9 Å². The fourth-order valence-electron chi connectivity index (χ4n) is 1.96. The second-order valence-corrected chi connectivity index (χ2v) is 4.79. The third kappa shape index (κ3) is 3.82. The number of aliphatic hydroxyl groups excluding tert-OH is 1. The minimum absolute atomic E-state index is 0.0655. The van der Waals surface area contributed by atoms with Crippen LogP contribution in [0.4, 0.5) is 5.69 Å². The van der Waals surface area contributed by atoms with E-state index in [0.29, 0.717) is 12.1 Å². The number of carbonyl (C=O) groups excluding carboxylic acids is 1. The summed E-state index contributed by atoms with van der Waals surface area (Å²) in [5, 5.41) is 18.8. The van der Waals surface area contributed by atoms with Crippen LogP contribution in [0.2, 0.25) is 0 Å². The third-order valence-electron chi connectivity index (χ3n) is 3.34. The molecule has 21 heavy (non-hydrogen) atoms. The van der Waals surface area contributed by atoms with Crippen molar-refractivity contribution in [1.29, 1.82) is 0 Å². The lowest BCUT2D eigenvalue weighted by molar-refractivity contribution is 0.0945. The monoisotopic (exact) mass is 288 g/mol. The van der Waals surface area contributed by atoms with E-state index in [-0.39, 0.29) is 19.1 Å². The number of nitrogens with zero attached hydrogens (tertiary/aromatic N) is 2. The van der Waals surface area contributed by atoms with Crippen LogP contribution in [-0.4, -0.2) is 33.9 Å². The van der Waals surface area contributed by atoms with Crippen LogP contribution < -0.4 is 10.6 Å². The van der Waals surface area contributed by atoms with Crippen molar-refractivity contribution in [2.45, 2.75) is 13.5 Å². The molecule has 1 heterocycles. The number of benzene rings is 1. The van der Waals surface area contributed by atoms with Crippen molar-refractivity contribution in [2.75, 3.05) is 18.5 Å². The Bertz CT molecular complexity index is 622. The predicted octanol–water partition coefficient (Wildman–Crippen LogP) is 1.06. The van der Waals surface area contributed by atoms with E-state index < -0.39 is 0 Å². The lowest BCUT2D eigenvalue weighted by Gasteiger charge is -2.08. The molecule has 0 unspecified atom stereocenters. The molecular formula is C15H20N4O2. The van der Waals surface area contributed by atoms with E-state index >= 15 is 0 Å². The van der Waals surface area contributed by atoms with Crippen molar-refractivity contribution < 1.29 is 9.90 Å². The first-order valence-corrected chi connectivity index (χ1v) is 6.82. The minimum Gasteiger partial charge on any atom is -0.395 e. The number of hydrogen-bond donors (Lipinski definition) is 3. The van der Waals surface area contributed by atoms with Gasteiger partial charge in [0.1, 0.15) is 0 Å². The van der Waals surface area contributed by atoms with Crippen molar-refractivity contribution >= 4 is 11.6 Å². The van der Waals surface area contributed by atoms with Crippen LogP contribution >= 0.6 is 0 Å². The first kappa shape index (κ1) is 15.1. The second-order valence-electron chi connectivity index (χ2n) is 4.79. The quantitative estimate of drug-likeness (QED) is 0.742. The van der Waals surface area contributed by atoms with Crippen molar-refractivity contribution in [3.8, 4) is 0 Å². The number of aryl methyl sites for hydroxylation is 1. The summed E-state index contributed by atoms with van der Waals surface area (Å²) in [6, 6.07) is 7.27. The largest absolute Gasteiger partial charge is 0.395 e. The summed E-state index contributed by atoms with van der Waals surface area (Å²) in [7, 11) is 1.91. The molecule has 2 aromatic rings. The second kappa shape index (κ2) is 6.90. The minimum atomic E-state index is -0.190. The molecule has 0 aliphatic carbocycles. The Kier molecular flexibility index (Phi) is 4.94. The molecule has 1 aromatic heterocycles. The molecule has 1 amide bonds. The van der Waals surface area contributed by atoms with Gasteiger partial charge >= 0.3 is 0 Å². The fraction of sp³-hybridized carbons (Fsp3) is 0.333. The molecule has 1 aromatic carbocycles. The van der Waals surface area contributed by atoms with Gasteiger partial charge in [0.05, 0.1) is 12.8 Å². The highest BCUT2D eigenvalue weighted by Crippen LogP contribution is 2.13. The van der Waals surface area contributed by atoms with Crippen LogP contribution in [0, 0.1) is 6.92 Å². The van der Waals surface area contributed by atoms with Crippen LogP contribution in [0.25, 0.3) is 0 Å². The van der Waals surface area contributed by atoms with Gasteiger partial charge in [0.25, 0.3) is 5.91 Å². The number of carbonyl (C=O) groups is 1. The summed E-state index contributed by atoms with van der Waals surface area (Å²) in [6.07, 6.45) is 1.83. The summed E-state index contributed by atoms with van der Waals surface area (Å²) in [5.74, 6) is -0.190. The van der Waals surface area contributed by atoms with Gasteiger partial charge in [-0.3, -0.25) is 9.48 Å². The van der Waals surface area contributed by atoms with E-state index in [1.807, 2.05) is 37.0 Å². The molecule has 0 aliphatic heterocycles. The van der Waals surface area contributed by atoms with Crippen LogP contribution in [0.5, 0.6) is 0 Å². The standard InChI is InChI=1S/C15H20N4O2/c1-11-13(10-18-19(11)2)9-17-14-5-3-4-12(8-14)15(21)16-6-7-20/h3-5,8,10,17,20H,6-7,9H2,1-2H3,(H,16,21). The van der Waals surface area contributed by atoms with Crippen molar-refractivity contribution in [3.63, 3.8) is 0 Å². The Morgan fingerprint density at radius 2 is 2.24 bits per heavy atom. The average molecular weight is 288 g/mol. The summed E-state index contributed by atoms with van der Waals surface area (Å²) in [5.41, 5.74) is 3.67. The number of rotatable bonds is 6. The SMILES string of the molecule is Cc1c(CNc2cccc(C(=O)NCCO)c2)cnn1C. The highest BCUT2D eigenvalue weighted by Gasteiger charge is 2.06. The van der Waals surface area contributed by atoms with Gasteiger partial charge in [-0.15, -0.1) is 0 Å². The average Bonchev–Trinajstić information content (AvgIpc) is 2.82. The fourth-order valence-corrected chi connectivity index (χ4v) is 1.96. The molecule has 0 bridgehead atoms. The number of amides is 1. The maximum atomic E-state index is 11.8. The zero-order chi connectivity index (χ0) is 15.2. The van der Waals surface area contributed by atoms with Gasteiger partial charge in [0, 0.05) is 42.6 Å². The van der Waals surface area contributed by atoms with Crippen LogP contribution in [-0.2, 0) is 13.6 Å². The lowest BCUT2D eigenvalue weighted by atomic mass is 10.1. The molecule has 0 saturated carbocycles. The molecule has 0 radical (unpaired) electrons. The summed E-state index contributed by atoms with van der Waals surface area (Å²) >= 11 is 0. The number of aromatic nitrogens is 2. The van der Waals surface area contributed by atoms with Gasteiger partial charge in [-0.25, -0.2) is 0 Å². The first-order chi connectivity index (χ1) is 10.1. The molecule has 0 atom stereocenters. The maximum Gasteiger partial charge on any atom is 0.251 e. The van der Waals surface area contributed by atoms with Gasteiger partial charge in [-0.05, 0) is 25.1 Å². The molecule has 0 fully saturated rings. The number of nitrogens with one attached hydrogen (secondary N) is 2. The zero-order valence-corrected chi connectivity index (χ0v) is 12.3. The van der Waals surface area contributed by atoms with E-state index in [4.69, 9.17) is 5.11 Å². The maximum absolute atomic E-state index is 11.8. The Morgan fingerprint density at radius 3 is 2.90 bits per heavy atom. The number of hydrogen-bond acceptors (Lipinski definition) is 4. The molecule has 3 N–H and O–H groups in total. The van der Waals surface area contributed by atoms with Gasteiger partial charge in [-0.2, -0.15) is 5.10 Å². The Morgan fingerprint density at radius 1 is 1.43 bits per heavy atom. The molecule has 0 aliphatic rings. The van der Waals surface area contributed by atoms with E-state index in [1.165, 1.54) is 0 Å². The van der Waals surface area contributed by atoms with Gasteiger partial charge < -0.3 is 15.7 Å². The number of anilines is 1. The molecule has 0 spiro atoms. The van der Waals surface area contributed by atoms with Crippen molar-refractivity contribution in [1.82, 2.24) is 15.1 Å². The summed E-state index contributed by atoms with van der Waals surface area (Å²) < 4.78 is 1.83. The molecule has 6 nitrogen and oxygen atoms in total. The molecule has 112 valence electrons. The molecular weight excluding hydrogens is 268 g/mol. The van der Waals surface area contributed by atoms with Crippen LogP contribution in [0.3, 0.4) is 0 Å². The van der Waals surface area contributed by atoms with Gasteiger partial charge in [0.2, 0.25) is 0 Å².